The van der Waals surface area contributed by atoms with Crippen LogP contribution in [0.25, 0.3) is 0 Å². The highest BCUT2D eigenvalue weighted by Gasteiger charge is 2.11. The van der Waals surface area contributed by atoms with Crippen molar-refractivity contribution >= 4 is 29.2 Å². The minimum absolute atomic E-state index is 0.317. The van der Waals surface area contributed by atoms with Crippen LogP contribution in [-0.4, -0.2) is 12.6 Å². The van der Waals surface area contributed by atoms with Gasteiger partial charge in [0.1, 0.15) is 11.5 Å². The highest BCUT2D eigenvalue weighted by atomic mass is 35.5. The van der Waals surface area contributed by atoms with Crippen LogP contribution in [0.15, 0.2) is 36.4 Å². The Kier molecular flexibility index (Phi) is 5.69. The second-order valence-corrected chi connectivity index (χ2v) is 5.59. The van der Waals surface area contributed by atoms with Crippen LogP contribution in [0.4, 0.5) is 0 Å². The summed E-state index contributed by atoms with van der Waals surface area (Å²) < 4.78 is 10.8. The normalized spacial score (nSPS) is 10.4. The quantitative estimate of drug-likeness (QED) is 0.547. The van der Waals surface area contributed by atoms with Gasteiger partial charge in [-0.3, -0.25) is 0 Å². The van der Waals surface area contributed by atoms with Crippen molar-refractivity contribution < 1.29 is 14.3 Å². The molecule has 2 rings (SSSR count). The largest absolute Gasteiger partial charge is 0.494 e. The Bertz CT molecular complexity index is 643. The van der Waals surface area contributed by atoms with Crippen molar-refractivity contribution in [3.63, 3.8) is 0 Å². The van der Waals surface area contributed by atoms with E-state index in [0.717, 1.165) is 17.7 Å². The van der Waals surface area contributed by atoms with Crippen LogP contribution < -0.4 is 9.47 Å². The Hall–Kier alpha value is -1.71. The van der Waals surface area contributed by atoms with Gasteiger partial charge in [-0.1, -0.05) is 30.1 Å². The molecule has 0 saturated carbocycles. The molecule has 0 heterocycles. The van der Waals surface area contributed by atoms with Gasteiger partial charge in [0, 0.05) is 10.0 Å². The maximum absolute atomic E-state index is 12.1. The Morgan fingerprint density at radius 1 is 1.05 bits per heavy atom. The molecule has 0 aliphatic heterocycles. The van der Waals surface area contributed by atoms with Crippen LogP contribution >= 0.6 is 23.2 Å². The molecule has 0 fully saturated rings. The van der Waals surface area contributed by atoms with E-state index >= 15 is 0 Å². The molecule has 0 bridgehead atoms. The van der Waals surface area contributed by atoms with Crippen LogP contribution in [0.3, 0.4) is 0 Å². The Balaban J connectivity index is 2.09. The van der Waals surface area contributed by atoms with E-state index in [1.807, 2.05) is 6.92 Å². The maximum atomic E-state index is 12.1. The number of rotatable bonds is 5. The SMILES string of the molecule is CCCOc1ccc(C(=O)Oc2cc(Cl)c(C)c(Cl)c2)cc1. The summed E-state index contributed by atoms with van der Waals surface area (Å²) in [5.41, 5.74) is 1.18. The zero-order valence-electron chi connectivity index (χ0n) is 12.4. The molecule has 5 heteroatoms. The van der Waals surface area contributed by atoms with Crippen molar-refractivity contribution in [3.05, 3.63) is 57.6 Å². The second-order valence-electron chi connectivity index (χ2n) is 4.77. The van der Waals surface area contributed by atoms with Crippen molar-refractivity contribution in [1.82, 2.24) is 0 Å². The van der Waals surface area contributed by atoms with Crippen LogP contribution in [0.1, 0.15) is 29.3 Å². The van der Waals surface area contributed by atoms with Crippen molar-refractivity contribution in [2.75, 3.05) is 6.61 Å². The van der Waals surface area contributed by atoms with Crippen LogP contribution in [0.5, 0.6) is 11.5 Å². The minimum atomic E-state index is -0.474. The summed E-state index contributed by atoms with van der Waals surface area (Å²) >= 11 is 12.1. The monoisotopic (exact) mass is 338 g/mol. The molecule has 0 unspecified atom stereocenters. The molecule has 0 aliphatic rings. The third-order valence-electron chi connectivity index (χ3n) is 3.03. The molecule has 2 aromatic rings. The van der Waals surface area contributed by atoms with E-state index in [0.29, 0.717) is 28.0 Å². The van der Waals surface area contributed by atoms with Gasteiger partial charge >= 0.3 is 5.97 Å². The second kappa shape index (κ2) is 7.52. The first-order valence-electron chi connectivity index (χ1n) is 6.92. The van der Waals surface area contributed by atoms with E-state index in [4.69, 9.17) is 32.7 Å². The van der Waals surface area contributed by atoms with Gasteiger partial charge in [0.2, 0.25) is 0 Å². The number of benzene rings is 2. The lowest BCUT2D eigenvalue weighted by molar-refractivity contribution is 0.0735. The van der Waals surface area contributed by atoms with Gasteiger partial charge in [-0.25, -0.2) is 4.79 Å². The summed E-state index contributed by atoms with van der Waals surface area (Å²) in [5, 5.41) is 0.914. The number of hydrogen-bond acceptors (Lipinski definition) is 3. The van der Waals surface area contributed by atoms with Crippen LogP contribution in [0, 0.1) is 6.92 Å². The van der Waals surface area contributed by atoms with Gasteiger partial charge in [-0.05, 0) is 55.3 Å². The smallest absolute Gasteiger partial charge is 0.343 e. The molecule has 0 amide bonds. The molecule has 0 spiro atoms. The zero-order valence-corrected chi connectivity index (χ0v) is 13.9. The lowest BCUT2D eigenvalue weighted by atomic mass is 10.2. The Labute approximate surface area is 139 Å². The number of ether oxygens (including phenoxy) is 2. The van der Waals surface area contributed by atoms with Crippen molar-refractivity contribution in [2.45, 2.75) is 20.3 Å². The third-order valence-corrected chi connectivity index (χ3v) is 3.81. The summed E-state index contributed by atoms with van der Waals surface area (Å²) in [6, 6.07) is 9.93. The fourth-order valence-corrected chi connectivity index (χ4v) is 2.22. The van der Waals surface area contributed by atoms with Gasteiger partial charge in [0.25, 0.3) is 0 Å². The Morgan fingerprint density at radius 3 is 2.18 bits per heavy atom. The molecule has 0 aromatic heterocycles. The average molecular weight is 339 g/mol. The summed E-state index contributed by atoms with van der Waals surface area (Å²) in [6.07, 6.45) is 0.929. The lowest BCUT2D eigenvalue weighted by Crippen LogP contribution is -2.08. The minimum Gasteiger partial charge on any atom is -0.494 e. The van der Waals surface area contributed by atoms with Gasteiger partial charge in [0.15, 0.2) is 0 Å². The van der Waals surface area contributed by atoms with Crippen LogP contribution in [-0.2, 0) is 0 Å². The molecule has 0 atom stereocenters. The van der Waals surface area contributed by atoms with Crippen molar-refractivity contribution in [3.8, 4) is 11.5 Å². The fraction of sp³-hybridized carbons (Fsp3) is 0.235. The van der Waals surface area contributed by atoms with E-state index in [1.165, 1.54) is 0 Å². The van der Waals surface area contributed by atoms with E-state index in [2.05, 4.69) is 0 Å². The molecule has 0 saturated heterocycles. The third kappa shape index (κ3) is 4.15. The number of hydrogen-bond donors (Lipinski definition) is 0. The molecule has 0 radical (unpaired) electrons. The first-order chi connectivity index (χ1) is 10.5. The van der Waals surface area contributed by atoms with Crippen LogP contribution in [0.2, 0.25) is 10.0 Å². The lowest BCUT2D eigenvalue weighted by Gasteiger charge is -2.08. The predicted molar refractivity (Wildman–Crippen MR) is 88.4 cm³/mol. The topological polar surface area (TPSA) is 35.5 Å². The molecule has 3 nitrogen and oxygen atoms in total. The fourth-order valence-electron chi connectivity index (χ4n) is 1.75. The van der Waals surface area contributed by atoms with E-state index in [-0.39, 0.29) is 0 Å². The van der Waals surface area contributed by atoms with E-state index in [9.17, 15) is 4.79 Å². The van der Waals surface area contributed by atoms with E-state index < -0.39 is 5.97 Å². The Morgan fingerprint density at radius 2 is 1.64 bits per heavy atom. The summed E-state index contributed by atoms with van der Waals surface area (Å²) in [4.78, 5) is 12.1. The molecule has 2 aromatic carbocycles. The molecular formula is C17H16Cl2O3. The van der Waals surface area contributed by atoms with Gasteiger partial charge in [0.05, 0.1) is 12.2 Å². The highest BCUT2D eigenvalue weighted by molar-refractivity contribution is 6.36. The standard InChI is InChI=1S/C17H16Cl2O3/c1-3-8-21-13-6-4-12(5-7-13)17(20)22-14-9-15(18)11(2)16(19)10-14/h4-7,9-10H,3,8H2,1-2H3. The van der Waals surface area contributed by atoms with Gasteiger partial charge in [-0.2, -0.15) is 0 Å². The average Bonchev–Trinajstić information content (AvgIpc) is 2.51. The first-order valence-corrected chi connectivity index (χ1v) is 7.67. The number of carbonyl (C=O) groups is 1. The maximum Gasteiger partial charge on any atom is 0.343 e. The number of carbonyl (C=O) groups excluding carboxylic acids is 1. The number of esters is 1. The summed E-state index contributed by atoms with van der Waals surface area (Å²) in [6.45, 7) is 4.47. The first kappa shape index (κ1) is 16.7. The predicted octanol–water partition coefficient (Wildman–Crippen LogP) is 5.31. The molecule has 0 aliphatic carbocycles. The molecule has 116 valence electrons. The molecular weight excluding hydrogens is 323 g/mol. The molecule has 0 N–H and O–H groups in total. The van der Waals surface area contributed by atoms with Crippen molar-refractivity contribution in [1.29, 1.82) is 0 Å². The molecule has 22 heavy (non-hydrogen) atoms. The van der Waals surface area contributed by atoms with Crippen molar-refractivity contribution in [2.24, 2.45) is 0 Å². The van der Waals surface area contributed by atoms with E-state index in [1.54, 1.807) is 43.3 Å². The van der Waals surface area contributed by atoms with Gasteiger partial charge < -0.3 is 9.47 Å². The summed E-state index contributed by atoms with van der Waals surface area (Å²) in [7, 11) is 0. The highest BCUT2D eigenvalue weighted by Crippen LogP contribution is 2.29. The zero-order chi connectivity index (χ0) is 16.1. The van der Waals surface area contributed by atoms with Gasteiger partial charge in [-0.15, -0.1) is 0 Å². The summed E-state index contributed by atoms with van der Waals surface area (Å²) in [5.74, 6) is 0.565. The number of halogens is 2.